The van der Waals surface area contributed by atoms with Crippen LogP contribution in [0.4, 0.5) is 8.78 Å². The molecule has 2 aliphatic carbocycles. The van der Waals surface area contributed by atoms with E-state index in [1.807, 2.05) is 62.7 Å². The zero-order valence-corrected chi connectivity index (χ0v) is 20.7. The first-order valence-corrected chi connectivity index (χ1v) is 11.7. The number of rotatable bonds is 3. The topological polar surface area (TPSA) is 20.3 Å². The Labute approximate surface area is 199 Å². The molecule has 0 bridgehead atoms. The Balaban J connectivity index is 0.00000272. The van der Waals surface area contributed by atoms with E-state index in [1.54, 1.807) is 24.3 Å². The maximum Gasteiger partial charge on any atom is 2.00 e. The van der Waals surface area contributed by atoms with Crippen molar-refractivity contribution in [2.45, 2.75) is 32.4 Å². The van der Waals surface area contributed by atoms with Gasteiger partial charge in [-0.2, -0.15) is 8.78 Å². The van der Waals surface area contributed by atoms with E-state index >= 15 is 0 Å². The van der Waals surface area contributed by atoms with Gasteiger partial charge in [-0.05, 0) is 54.2 Å². The Kier molecular flexibility index (Phi) is 6.80. The largest absolute Gasteiger partial charge is 2.00 e. The number of benzene rings is 2. The number of hydrogen-bond donors (Lipinski definition) is 0. The minimum absolute atomic E-state index is 0. The fourth-order valence-corrected chi connectivity index (χ4v) is 6.01. The molecule has 1 atom stereocenters. The molecule has 0 fully saturated rings. The van der Waals surface area contributed by atoms with Crippen molar-refractivity contribution in [1.82, 2.24) is 4.57 Å². The van der Waals surface area contributed by atoms with Crippen molar-refractivity contribution >= 4 is 25.6 Å². The number of fused-ring (bicyclic) bond motifs is 4. The van der Waals surface area contributed by atoms with Crippen molar-refractivity contribution in [2.24, 2.45) is 5.92 Å². The third-order valence-corrected chi connectivity index (χ3v) is 8.30. The van der Waals surface area contributed by atoms with E-state index in [0.29, 0.717) is 17.2 Å². The van der Waals surface area contributed by atoms with Gasteiger partial charge >= 0.3 is 30.6 Å². The second kappa shape index (κ2) is 8.89. The van der Waals surface area contributed by atoms with E-state index in [9.17, 15) is 13.2 Å². The normalized spacial score (nSPS) is 16.7. The van der Waals surface area contributed by atoms with Gasteiger partial charge in [-0.15, -0.1) is 0 Å². The fourth-order valence-electron chi connectivity index (χ4n) is 4.27. The Hall–Kier alpha value is -1.95. The van der Waals surface area contributed by atoms with E-state index < -0.39 is 14.9 Å². The van der Waals surface area contributed by atoms with Crippen LogP contribution in [-0.4, -0.2) is 26.0 Å². The smallest absolute Gasteiger partial charge is 0.375 e. The van der Waals surface area contributed by atoms with Gasteiger partial charge < -0.3 is 9.03 Å². The molecular weight excluding hydrogens is 444 g/mol. The SMILES string of the molecule is CN([Si](=O)CC1C=CC2=C1c1ccccc1C(=C(F)F)c1ccccc12)C(C)(C)C.[Ti+2]. The first kappa shape index (κ1) is 23.7. The van der Waals surface area contributed by atoms with Crippen LogP contribution in [0.15, 0.2) is 66.8 Å². The molecule has 0 amide bonds. The molecule has 0 saturated carbocycles. The van der Waals surface area contributed by atoms with Gasteiger partial charge in [0.15, 0.2) is 0 Å². The molecule has 2 aromatic carbocycles. The van der Waals surface area contributed by atoms with Gasteiger partial charge in [-0.1, -0.05) is 60.7 Å². The molecule has 156 valence electrons. The van der Waals surface area contributed by atoms with E-state index in [1.165, 1.54) is 0 Å². The summed E-state index contributed by atoms with van der Waals surface area (Å²) in [5, 5.41) is 0. The molecule has 0 aromatic heterocycles. The van der Waals surface area contributed by atoms with Gasteiger partial charge in [-0.3, -0.25) is 0 Å². The van der Waals surface area contributed by atoms with Gasteiger partial charge in [-0.25, -0.2) is 0 Å². The first-order valence-electron chi connectivity index (χ1n) is 10.1. The molecule has 4 rings (SSSR count). The quantitative estimate of drug-likeness (QED) is 0.485. The van der Waals surface area contributed by atoms with Crippen molar-refractivity contribution in [3.05, 3.63) is 89.0 Å². The molecule has 1 unspecified atom stereocenters. The Morgan fingerprint density at radius 3 is 2.03 bits per heavy atom. The zero-order chi connectivity index (χ0) is 21.6. The predicted octanol–water partition coefficient (Wildman–Crippen LogP) is 6.40. The summed E-state index contributed by atoms with van der Waals surface area (Å²) >= 11 is 0. The van der Waals surface area contributed by atoms with Crippen LogP contribution in [-0.2, 0) is 26.2 Å². The van der Waals surface area contributed by atoms with Crippen molar-refractivity contribution < 1.29 is 35.0 Å². The van der Waals surface area contributed by atoms with Crippen molar-refractivity contribution in [1.29, 1.82) is 0 Å². The predicted molar refractivity (Wildman–Crippen MR) is 119 cm³/mol. The van der Waals surface area contributed by atoms with Gasteiger partial charge in [0.1, 0.15) is 0 Å². The average Bonchev–Trinajstić information content (AvgIpc) is 3.05. The van der Waals surface area contributed by atoms with Crippen LogP contribution in [0.5, 0.6) is 0 Å². The van der Waals surface area contributed by atoms with Crippen LogP contribution >= 0.6 is 0 Å². The summed E-state index contributed by atoms with van der Waals surface area (Å²) in [6.07, 6.45) is 2.41. The van der Waals surface area contributed by atoms with Crippen LogP contribution in [0.1, 0.15) is 43.0 Å². The average molecular weight is 469 g/mol. The first-order chi connectivity index (χ1) is 14.2. The minimum Gasteiger partial charge on any atom is -0.375 e. The summed E-state index contributed by atoms with van der Waals surface area (Å²) in [6, 6.07) is 15.2. The molecule has 31 heavy (non-hydrogen) atoms. The minimum atomic E-state index is -2.04. The molecular formula is C25H25F2NOSiTi+2. The van der Waals surface area contributed by atoms with Gasteiger partial charge in [0.05, 0.1) is 5.57 Å². The standard InChI is InChI=1S/C25H25F2NOSi.Ti/c1-25(2,3)28(4)30(29)15-16-13-14-21-17-9-5-6-10-18(17)23(24(26)27)20-12-8-7-11-19(20)22(16)21;/h5-14,16H,15H2,1-4H3;/q;+2. The van der Waals surface area contributed by atoms with E-state index in [4.69, 9.17) is 0 Å². The van der Waals surface area contributed by atoms with Gasteiger partial charge in [0.25, 0.3) is 6.08 Å². The molecule has 0 saturated heterocycles. The molecule has 6 heteroatoms. The number of hydrogen-bond acceptors (Lipinski definition) is 1. The Morgan fingerprint density at radius 1 is 0.968 bits per heavy atom. The summed E-state index contributed by atoms with van der Waals surface area (Å²) in [4.78, 5) is 0. The zero-order valence-electron chi connectivity index (χ0n) is 18.2. The van der Waals surface area contributed by atoms with Gasteiger partial charge in [0, 0.05) is 24.5 Å². The summed E-state index contributed by atoms with van der Waals surface area (Å²) in [5.74, 6) is -0.0765. The number of halogens is 2. The third kappa shape index (κ3) is 4.23. The molecule has 2 aliphatic rings. The molecule has 0 radical (unpaired) electrons. The summed E-state index contributed by atoms with van der Waals surface area (Å²) in [7, 11) is -0.145. The summed E-state index contributed by atoms with van der Waals surface area (Å²) in [5.41, 5.74) is 4.41. The molecule has 2 aromatic rings. The number of allylic oxidation sites excluding steroid dienone is 4. The van der Waals surface area contributed by atoms with Crippen LogP contribution in [0.2, 0.25) is 6.04 Å². The number of nitrogens with zero attached hydrogens (tertiary/aromatic N) is 1. The molecule has 2 nitrogen and oxygen atoms in total. The van der Waals surface area contributed by atoms with Crippen molar-refractivity contribution in [2.75, 3.05) is 7.05 Å². The molecule has 0 N–H and O–H groups in total. The van der Waals surface area contributed by atoms with Crippen molar-refractivity contribution in [3.8, 4) is 0 Å². The second-order valence-corrected chi connectivity index (χ2v) is 10.7. The van der Waals surface area contributed by atoms with Crippen LogP contribution in [0, 0.1) is 5.92 Å². The summed E-state index contributed by atoms with van der Waals surface area (Å²) in [6.45, 7) is 6.13. The maximum atomic E-state index is 14.2. The Bertz CT molecular complexity index is 1130. The van der Waals surface area contributed by atoms with E-state index in [-0.39, 0.29) is 38.7 Å². The van der Waals surface area contributed by atoms with Crippen molar-refractivity contribution in [3.63, 3.8) is 0 Å². The molecule has 0 aliphatic heterocycles. The molecule has 0 heterocycles. The maximum absolute atomic E-state index is 14.2. The monoisotopic (exact) mass is 469 g/mol. The summed E-state index contributed by atoms with van der Waals surface area (Å²) < 4.78 is 43.4. The third-order valence-electron chi connectivity index (χ3n) is 6.09. The van der Waals surface area contributed by atoms with E-state index in [2.05, 4.69) is 6.08 Å². The van der Waals surface area contributed by atoms with E-state index in [0.717, 1.165) is 22.3 Å². The van der Waals surface area contributed by atoms with Gasteiger partial charge in [0.2, 0.25) is 0 Å². The fraction of sp³-hybridized carbons (Fsp3) is 0.280. The van der Waals surface area contributed by atoms with Crippen LogP contribution in [0.25, 0.3) is 16.7 Å². The second-order valence-electron chi connectivity index (χ2n) is 8.85. The van der Waals surface area contributed by atoms with Crippen LogP contribution in [0.3, 0.4) is 0 Å². The Morgan fingerprint density at radius 2 is 1.48 bits per heavy atom. The van der Waals surface area contributed by atoms with Crippen LogP contribution < -0.4 is 0 Å². The molecule has 0 spiro atoms.